The zero-order valence-electron chi connectivity index (χ0n) is 9.05. The SMILES string of the molecule is c1ccc2c(c1)ccc1c3ncccc3sc21. The fourth-order valence-electron chi connectivity index (χ4n) is 2.32. The Kier molecular flexibility index (Phi) is 1.76. The quantitative estimate of drug-likeness (QED) is 0.434. The number of thiophene rings is 1. The molecule has 17 heavy (non-hydrogen) atoms. The lowest BCUT2D eigenvalue weighted by atomic mass is 10.1. The van der Waals surface area contributed by atoms with Crippen LogP contribution in [0.5, 0.6) is 0 Å². The molecular weight excluding hydrogens is 226 g/mol. The van der Waals surface area contributed by atoms with E-state index in [0.29, 0.717) is 0 Å². The molecule has 0 atom stereocenters. The van der Waals surface area contributed by atoms with Crippen LogP contribution < -0.4 is 0 Å². The molecule has 0 saturated carbocycles. The predicted octanol–water partition coefficient (Wildman–Crippen LogP) is 4.60. The number of fused-ring (bicyclic) bond motifs is 5. The van der Waals surface area contributed by atoms with Crippen LogP contribution in [0, 0.1) is 0 Å². The van der Waals surface area contributed by atoms with Gasteiger partial charge in [-0.25, -0.2) is 0 Å². The number of rotatable bonds is 0. The van der Waals surface area contributed by atoms with E-state index in [4.69, 9.17) is 0 Å². The number of benzene rings is 2. The van der Waals surface area contributed by atoms with Gasteiger partial charge in [0.05, 0.1) is 10.2 Å². The highest BCUT2D eigenvalue weighted by molar-refractivity contribution is 7.26. The van der Waals surface area contributed by atoms with Crippen molar-refractivity contribution in [3.63, 3.8) is 0 Å². The lowest BCUT2D eigenvalue weighted by Crippen LogP contribution is -1.73. The Morgan fingerprint density at radius 2 is 1.76 bits per heavy atom. The molecule has 0 amide bonds. The molecule has 2 heteroatoms. The molecule has 80 valence electrons. The van der Waals surface area contributed by atoms with Gasteiger partial charge in [-0.2, -0.15) is 0 Å². The number of pyridine rings is 1. The number of hydrogen-bond acceptors (Lipinski definition) is 2. The summed E-state index contributed by atoms with van der Waals surface area (Å²) in [7, 11) is 0. The minimum atomic E-state index is 1.12. The van der Waals surface area contributed by atoms with Gasteiger partial charge < -0.3 is 0 Å². The van der Waals surface area contributed by atoms with Crippen molar-refractivity contribution in [3.05, 3.63) is 54.7 Å². The van der Waals surface area contributed by atoms with Gasteiger partial charge in [-0.05, 0) is 22.9 Å². The number of nitrogens with zero attached hydrogens (tertiary/aromatic N) is 1. The molecule has 0 aliphatic heterocycles. The average molecular weight is 235 g/mol. The summed E-state index contributed by atoms with van der Waals surface area (Å²) >= 11 is 1.83. The summed E-state index contributed by atoms with van der Waals surface area (Å²) in [6.45, 7) is 0. The zero-order valence-corrected chi connectivity index (χ0v) is 9.87. The van der Waals surface area contributed by atoms with Gasteiger partial charge in [-0.3, -0.25) is 4.98 Å². The Hall–Kier alpha value is -1.93. The van der Waals surface area contributed by atoms with Gasteiger partial charge in [-0.1, -0.05) is 36.4 Å². The van der Waals surface area contributed by atoms with Crippen LogP contribution in [0.2, 0.25) is 0 Å². The lowest BCUT2D eigenvalue weighted by molar-refractivity contribution is 1.44. The van der Waals surface area contributed by atoms with Crippen LogP contribution >= 0.6 is 11.3 Å². The topological polar surface area (TPSA) is 12.9 Å². The zero-order chi connectivity index (χ0) is 11.2. The van der Waals surface area contributed by atoms with Gasteiger partial charge in [0.15, 0.2) is 0 Å². The third kappa shape index (κ3) is 1.22. The first-order valence-corrected chi connectivity index (χ1v) is 6.40. The molecule has 4 aromatic rings. The highest BCUT2D eigenvalue weighted by atomic mass is 32.1. The van der Waals surface area contributed by atoms with Crippen molar-refractivity contribution in [2.75, 3.05) is 0 Å². The molecule has 0 saturated heterocycles. The van der Waals surface area contributed by atoms with Crippen molar-refractivity contribution in [2.24, 2.45) is 0 Å². The maximum atomic E-state index is 4.49. The predicted molar refractivity (Wildman–Crippen MR) is 74.6 cm³/mol. The van der Waals surface area contributed by atoms with Crippen LogP contribution in [0.3, 0.4) is 0 Å². The molecule has 1 nitrogen and oxygen atoms in total. The van der Waals surface area contributed by atoms with Crippen molar-refractivity contribution in [3.8, 4) is 0 Å². The Bertz CT molecular complexity index is 845. The van der Waals surface area contributed by atoms with Crippen molar-refractivity contribution >= 4 is 42.4 Å². The smallest absolute Gasteiger partial charge is 0.0888 e. The van der Waals surface area contributed by atoms with Crippen LogP contribution in [-0.2, 0) is 0 Å². The first-order valence-electron chi connectivity index (χ1n) is 5.58. The molecule has 2 aromatic carbocycles. The van der Waals surface area contributed by atoms with Gasteiger partial charge in [0.1, 0.15) is 0 Å². The third-order valence-electron chi connectivity index (χ3n) is 3.12. The fraction of sp³-hybridized carbons (Fsp3) is 0. The Labute approximate surface area is 102 Å². The molecule has 0 bridgehead atoms. The van der Waals surface area contributed by atoms with E-state index in [1.165, 1.54) is 25.6 Å². The monoisotopic (exact) mass is 235 g/mol. The van der Waals surface area contributed by atoms with E-state index in [2.05, 4.69) is 47.4 Å². The molecule has 0 N–H and O–H groups in total. The molecule has 4 rings (SSSR count). The van der Waals surface area contributed by atoms with E-state index in [-0.39, 0.29) is 0 Å². The van der Waals surface area contributed by atoms with Crippen LogP contribution in [0.25, 0.3) is 31.1 Å². The van der Waals surface area contributed by atoms with Crippen molar-refractivity contribution in [1.29, 1.82) is 0 Å². The van der Waals surface area contributed by atoms with Gasteiger partial charge >= 0.3 is 0 Å². The van der Waals surface area contributed by atoms with Crippen LogP contribution in [0.15, 0.2) is 54.7 Å². The first-order chi connectivity index (χ1) is 8.43. The molecule has 0 aliphatic carbocycles. The lowest BCUT2D eigenvalue weighted by Gasteiger charge is -1.97. The average Bonchev–Trinajstić information content (AvgIpc) is 2.78. The van der Waals surface area contributed by atoms with Crippen LogP contribution in [-0.4, -0.2) is 4.98 Å². The molecule has 0 spiro atoms. The van der Waals surface area contributed by atoms with Gasteiger partial charge in [0.25, 0.3) is 0 Å². The van der Waals surface area contributed by atoms with E-state index in [0.717, 1.165) is 5.52 Å². The Morgan fingerprint density at radius 3 is 2.76 bits per heavy atom. The normalized spacial score (nSPS) is 11.5. The van der Waals surface area contributed by atoms with Gasteiger partial charge in [0, 0.05) is 16.3 Å². The molecule has 0 radical (unpaired) electrons. The van der Waals surface area contributed by atoms with Crippen LogP contribution in [0.1, 0.15) is 0 Å². The van der Waals surface area contributed by atoms with Crippen molar-refractivity contribution in [2.45, 2.75) is 0 Å². The molecule has 0 unspecified atom stereocenters. The third-order valence-corrected chi connectivity index (χ3v) is 4.31. The van der Waals surface area contributed by atoms with Crippen molar-refractivity contribution in [1.82, 2.24) is 4.98 Å². The second-order valence-electron chi connectivity index (χ2n) is 4.12. The van der Waals surface area contributed by atoms with E-state index >= 15 is 0 Å². The molecular formula is C15H9NS. The second-order valence-corrected chi connectivity index (χ2v) is 5.17. The summed E-state index contributed by atoms with van der Waals surface area (Å²) in [5.74, 6) is 0. The highest BCUT2D eigenvalue weighted by Crippen LogP contribution is 2.36. The molecule has 0 aliphatic rings. The Morgan fingerprint density at radius 1 is 0.824 bits per heavy atom. The van der Waals surface area contributed by atoms with Gasteiger partial charge in [0.2, 0.25) is 0 Å². The summed E-state index contributed by atoms with van der Waals surface area (Å²) in [5.41, 5.74) is 1.12. The van der Waals surface area contributed by atoms with E-state index in [1.54, 1.807) is 0 Å². The van der Waals surface area contributed by atoms with E-state index in [9.17, 15) is 0 Å². The number of hydrogen-bond donors (Lipinski definition) is 0. The largest absolute Gasteiger partial charge is 0.255 e. The Balaban J connectivity index is 2.34. The van der Waals surface area contributed by atoms with Crippen molar-refractivity contribution < 1.29 is 0 Å². The molecule has 0 fully saturated rings. The summed E-state index contributed by atoms with van der Waals surface area (Å²) in [6.07, 6.45) is 1.86. The minimum absolute atomic E-state index is 1.12. The van der Waals surface area contributed by atoms with E-state index < -0.39 is 0 Å². The summed E-state index contributed by atoms with van der Waals surface area (Å²) < 4.78 is 2.61. The fourth-order valence-corrected chi connectivity index (χ4v) is 3.52. The summed E-state index contributed by atoms with van der Waals surface area (Å²) in [6, 6.07) is 17.0. The number of aromatic nitrogens is 1. The van der Waals surface area contributed by atoms with E-state index in [1.807, 2.05) is 23.6 Å². The van der Waals surface area contributed by atoms with Crippen LogP contribution in [0.4, 0.5) is 0 Å². The first kappa shape index (κ1) is 9.14. The maximum absolute atomic E-state index is 4.49. The molecule has 2 aromatic heterocycles. The summed E-state index contributed by atoms with van der Waals surface area (Å²) in [5, 5.41) is 3.89. The minimum Gasteiger partial charge on any atom is -0.255 e. The highest BCUT2D eigenvalue weighted by Gasteiger charge is 2.07. The molecule has 2 heterocycles. The van der Waals surface area contributed by atoms with Gasteiger partial charge in [-0.15, -0.1) is 11.3 Å². The maximum Gasteiger partial charge on any atom is 0.0888 e. The standard InChI is InChI=1S/C15H9NS/c1-2-5-11-10(4-1)7-8-12-14-13(17-15(11)12)6-3-9-16-14/h1-9H. The second kappa shape index (κ2) is 3.28. The summed E-state index contributed by atoms with van der Waals surface area (Å²) in [4.78, 5) is 4.49.